The fourth-order valence-corrected chi connectivity index (χ4v) is 1.44. The lowest BCUT2D eigenvalue weighted by atomic mass is 10.2. The van der Waals surface area contributed by atoms with E-state index in [1.54, 1.807) is 12.5 Å². The second-order valence-electron chi connectivity index (χ2n) is 4.00. The van der Waals surface area contributed by atoms with E-state index >= 15 is 0 Å². The minimum atomic E-state index is 0.272. The molecule has 1 heterocycles. The van der Waals surface area contributed by atoms with Gasteiger partial charge in [0.15, 0.2) is 0 Å². The maximum absolute atomic E-state index is 5.54. The van der Waals surface area contributed by atoms with Crippen LogP contribution in [-0.2, 0) is 11.3 Å². The van der Waals surface area contributed by atoms with E-state index < -0.39 is 0 Å². The molecule has 16 heavy (non-hydrogen) atoms. The van der Waals surface area contributed by atoms with E-state index in [-0.39, 0.29) is 6.10 Å². The molecule has 0 radical (unpaired) electrons. The lowest BCUT2D eigenvalue weighted by molar-refractivity contribution is 0.0657. The fraction of sp³-hybridized carbons (Fsp3) is 0.308. The first kappa shape index (κ1) is 10.9. The highest BCUT2D eigenvalue weighted by molar-refractivity contribution is 5.34. The third-order valence-electron chi connectivity index (χ3n) is 2.32. The van der Waals surface area contributed by atoms with Gasteiger partial charge in [-0.05, 0) is 31.5 Å². The Morgan fingerprint density at radius 3 is 2.56 bits per heavy atom. The maximum Gasteiger partial charge on any atom is 0.0991 e. The smallest absolute Gasteiger partial charge is 0.0991 e. The van der Waals surface area contributed by atoms with Crippen LogP contribution in [0.15, 0.2) is 43.0 Å². The SMILES string of the molecule is CC(C)OCc1ccc(-n2ccnc2)cc1. The molecule has 0 bridgehead atoms. The number of nitrogens with zero attached hydrogens (tertiary/aromatic N) is 2. The molecule has 0 unspecified atom stereocenters. The number of hydrogen-bond donors (Lipinski definition) is 0. The van der Waals surface area contributed by atoms with Crippen molar-refractivity contribution in [3.8, 4) is 5.69 Å². The van der Waals surface area contributed by atoms with E-state index in [4.69, 9.17) is 4.74 Å². The molecule has 3 nitrogen and oxygen atoms in total. The van der Waals surface area contributed by atoms with Gasteiger partial charge in [0.25, 0.3) is 0 Å². The molecule has 1 aromatic heterocycles. The van der Waals surface area contributed by atoms with Gasteiger partial charge in [-0.3, -0.25) is 0 Å². The van der Waals surface area contributed by atoms with Crippen LogP contribution in [0.2, 0.25) is 0 Å². The molecule has 2 rings (SSSR count). The lowest BCUT2D eigenvalue weighted by Crippen LogP contribution is -2.02. The maximum atomic E-state index is 5.54. The van der Waals surface area contributed by atoms with Crippen LogP contribution >= 0.6 is 0 Å². The molecular formula is C13H16N2O. The zero-order chi connectivity index (χ0) is 11.4. The molecule has 3 heteroatoms. The number of rotatable bonds is 4. The van der Waals surface area contributed by atoms with Gasteiger partial charge in [-0.15, -0.1) is 0 Å². The quantitative estimate of drug-likeness (QED) is 0.785. The average molecular weight is 216 g/mol. The highest BCUT2D eigenvalue weighted by Crippen LogP contribution is 2.10. The molecule has 0 amide bonds. The van der Waals surface area contributed by atoms with E-state index in [0.717, 1.165) is 5.69 Å². The van der Waals surface area contributed by atoms with Crippen LogP contribution in [0.25, 0.3) is 5.69 Å². The zero-order valence-corrected chi connectivity index (χ0v) is 9.63. The van der Waals surface area contributed by atoms with Crippen molar-refractivity contribution in [2.75, 3.05) is 0 Å². The molecule has 2 aromatic rings. The Hall–Kier alpha value is -1.61. The topological polar surface area (TPSA) is 27.1 Å². The summed E-state index contributed by atoms with van der Waals surface area (Å²) in [6.07, 6.45) is 5.77. The summed E-state index contributed by atoms with van der Waals surface area (Å²) < 4.78 is 7.52. The molecule has 0 aliphatic rings. The van der Waals surface area contributed by atoms with Crippen LogP contribution in [0.1, 0.15) is 19.4 Å². The van der Waals surface area contributed by atoms with Gasteiger partial charge in [-0.2, -0.15) is 0 Å². The van der Waals surface area contributed by atoms with Gasteiger partial charge in [0, 0.05) is 18.1 Å². The Kier molecular flexibility index (Phi) is 3.37. The summed E-state index contributed by atoms with van der Waals surface area (Å²) >= 11 is 0. The Bertz CT molecular complexity index is 418. The standard InChI is InChI=1S/C13H16N2O/c1-11(2)16-9-12-3-5-13(6-4-12)15-8-7-14-10-15/h3-8,10-11H,9H2,1-2H3. The second-order valence-corrected chi connectivity index (χ2v) is 4.00. The number of ether oxygens (including phenoxy) is 1. The molecule has 0 saturated carbocycles. The Labute approximate surface area is 95.7 Å². The summed E-state index contributed by atoms with van der Waals surface area (Å²) in [5.74, 6) is 0. The minimum Gasteiger partial charge on any atom is -0.374 e. The van der Waals surface area contributed by atoms with Crippen LogP contribution in [0.5, 0.6) is 0 Å². The van der Waals surface area contributed by atoms with Crippen molar-refractivity contribution >= 4 is 0 Å². The van der Waals surface area contributed by atoms with Gasteiger partial charge in [-0.1, -0.05) is 12.1 Å². The molecule has 1 aromatic carbocycles. The first-order valence-electron chi connectivity index (χ1n) is 5.44. The normalized spacial score (nSPS) is 10.9. The predicted molar refractivity (Wildman–Crippen MR) is 63.5 cm³/mol. The predicted octanol–water partition coefficient (Wildman–Crippen LogP) is 2.80. The van der Waals surface area contributed by atoms with Crippen molar-refractivity contribution in [1.82, 2.24) is 9.55 Å². The number of imidazole rings is 1. The Morgan fingerprint density at radius 2 is 2.00 bits per heavy atom. The van der Waals surface area contributed by atoms with Crippen molar-refractivity contribution in [1.29, 1.82) is 0 Å². The van der Waals surface area contributed by atoms with Crippen molar-refractivity contribution in [3.05, 3.63) is 48.5 Å². The average Bonchev–Trinajstić information content (AvgIpc) is 2.80. The highest BCUT2D eigenvalue weighted by Gasteiger charge is 1.98. The molecule has 0 N–H and O–H groups in total. The van der Waals surface area contributed by atoms with Crippen LogP contribution in [0, 0.1) is 0 Å². The molecule has 0 spiro atoms. The summed E-state index contributed by atoms with van der Waals surface area (Å²) in [5.41, 5.74) is 2.31. The van der Waals surface area contributed by atoms with Crippen molar-refractivity contribution in [2.45, 2.75) is 26.6 Å². The molecule has 0 atom stereocenters. The monoisotopic (exact) mass is 216 g/mol. The number of hydrogen-bond acceptors (Lipinski definition) is 2. The van der Waals surface area contributed by atoms with Gasteiger partial charge in [0.1, 0.15) is 0 Å². The van der Waals surface area contributed by atoms with Crippen LogP contribution in [0.3, 0.4) is 0 Å². The van der Waals surface area contributed by atoms with Crippen molar-refractivity contribution < 1.29 is 4.74 Å². The van der Waals surface area contributed by atoms with Crippen molar-refractivity contribution in [3.63, 3.8) is 0 Å². The molecule has 0 fully saturated rings. The number of benzene rings is 1. The second kappa shape index (κ2) is 4.94. The molecule has 0 saturated heterocycles. The lowest BCUT2D eigenvalue weighted by Gasteiger charge is -2.08. The molecule has 0 aliphatic carbocycles. The van der Waals surface area contributed by atoms with E-state index in [0.29, 0.717) is 6.61 Å². The van der Waals surface area contributed by atoms with E-state index in [9.17, 15) is 0 Å². The van der Waals surface area contributed by atoms with Crippen LogP contribution in [-0.4, -0.2) is 15.7 Å². The van der Waals surface area contributed by atoms with E-state index in [1.807, 2.05) is 24.6 Å². The largest absolute Gasteiger partial charge is 0.374 e. The van der Waals surface area contributed by atoms with Crippen LogP contribution < -0.4 is 0 Å². The minimum absolute atomic E-state index is 0.272. The van der Waals surface area contributed by atoms with Gasteiger partial charge in [0.2, 0.25) is 0 Å². The fourth-order valence-electron chi connectivity index (χ4n) is 1.44. The Morgan fingerprint density at radius 1 is 1.25 bits per heavy atom. The van der Waals surface area contributed by atoms with E-state index in [1.165, 1.54) is 5.56 Å². The van der Waals surface area contributed by atoms with Gasteiger partial charge < -0.3 is 9.30 Å². The number of aromatic nitrogens is 2. The first-order valence-corrected chi connectivity index (χ1v) is 5.44. The van der Waals surface area contributed by atoms with Crippen LogP contribution in [0.4, 0.5) is 0 Å². The molecule has 0 aliphatic heterocycles. The van der Waals surface area contributed by atoms with Crippen molar-refractivity contribution in [2.24, 2.45) is 0 Å². The third-order valence-corrected chi connectivity index (χ3v) is 2.32. The first-order chi connectivity index (χ1) is 7.75. The van der Waals surface area contributed by atoms with E-state index in [2.05, 4.69) is 29.2 Å². The summed E-state index contributed by atoms with van der Waals surface area (Å²) in [5, 5.41) is 0. The highest BCUT2D eigenvalue weighted by atomic mass is 16.5. The Balaban J connectivity index is 2.05. The van der Waals surface area contributed by atoms with Gasteiger partial charge in [-0.25, -0.2) is 4.98 Å². The van der Waals surface area contributed by atoms with Gasteiger partial charge in [0.05, 0.1) is 19.0 Å². The summed E-state index contributed by atoms with van der Waals surface area (Å²) in [7, 11) is 0. The van der Waals surface area contributed by atoms with Gasteiger partial charge >= 0.3 is 0 Å². The zero-order valence-electron chi connectivity index (χ0n) is 9.63. The summed E-state index contributed by atoms with van der Waals surface area (Å²) in [6.45, 7) is 4.75. The summed E-state index contributed by atoms with van der Waals surface area (Å²) in [4.78, 5) is 4.02. The molecule has 84 valence electrons. The third kappa shape index (κ3) is 2.70. The molecular weight excluding hydrogens is 200 g/mol. The summed E-state index contributed by atoms with van der Waals surface area (Å²) in [6, 6.07) is 8.30.